The van der Waals surface area contributed by atoms with Crippen LogP contribution in [-0.4, -0.2) is 59.6 Å². The molecule has 0 fully saturated rings. The number of rotatable bonds is 17. The molecular weight excluding hydrogens is 620 g/mol. The van der Waals surface area contributed by atoms with Crippen LogP contribution in [0.3, 0.4) is 0 Å². The van der Waals surface area contributed by atoms with Gasteiger partial charge in [-0.05, 0) is 78.0 Å². The van der Waals surface area contributed by atoms with Gasteiger partial charge in [0.1, 0.15) is 29.6 Å². The van der Waals surface area contributed by atoms with Crippen molar-refractivity contribution in [2.45, 2.75) is 24.7 Å². The summed E-state index contributed by atoms with van der Waals surface area (Å²) in [6, 6.07) is 24.3. The maximum absolute atomic E-state index is 12.0. The molecule has 0 bridgehead atoms. The first kappa shape index (κ1) is 31.8. The van der Waals surface area contributed by atoms with Crippen LogP contribution in [0.15, 0.2) is 83.8 Å². The molecule has 0 aliphatic carbocycles. The molecular formula is C33H37BrO7S. The lowest BCUT2D eigenvalue weighted by molar-refractivity contribution is 0.0414. The molecule has 0 unspecified atom stereocenters. The smallest absolute Gasteiger partial charge is 0.175 e. The number of alkyl halides is 1. The van der Waals surface area contributed by atoms with Crippen LogP contribution in [0.4, 0.5) is 0 Å². The molecule has 4 aromatic rings. The lowest BCUT2D eigenvalue weighted by atomic mass is 9.99. The van der Waals surface area contributed by atoms with Gasteiger partial charge in [-0.15, -0.1) is 0 Å². The average Bonchev–Trinajstić information content (AvgIpc) is 2.99. The molecule has 0 saturated heterocycles. The Morgan fingerprint density at radius 1 is 0.690 bits per heavy atom. The Hall–Kier alpha value is -3.11. The summed E-state index contributed by atoms with van der Waals surface area (Å²) in [5.41, 5.74) is 1.69. The van der Waals surface area contributed by atoms with Gasteiger partial charge in [0.25, 0.3) is 0 Å². The Bertz CT molecular complexity index is 1520. The van der Waals surface area contributed by atoms with Gasteiger partial charge in [0.05, 0.1) is 37.9 Å². The molecule has 0 aliphatic rings. The number of fused-ring (bicyclic) bond motifs is 1. The number of hydrogen-bond acceptors (Lipinski definition) is 7. The van der Waals surface area contributed by atoms with E-state index in [1.165, 1.54) is 6.26 Å². The maximum atomic E-state index is 12.0. The van der Waals surface area contributed by atoms with Gasteiger partial charge in [0.15, 0.2) is 9.84 Å². The number of benzene rings is 4. The van der Waals surface area contributed by atoms with E-state index in [1.807, 2.05) is 54.6 Å². The van der Waals surface area contributed by atoms with E-state index in [9.17, 15) is 8.42 Å². The van der Waals surface area contributed by atoms with Crippen LogP contribution in [0.2, 0.25) is 0 Å². The molecule has 0 atom stereocenters. The summed E-state index contributed by atoms with van der Waals surface area (Å²) in [6.07, 6.45) is 3.27. The number of hydrogen-bond donors (Lipinski definition) is 0. The highest BCUT2D eigenvalue weighted by molar-refractivity contribution is 9.09. The van der Waals surface area contributed by atoms with Gasteiger partial charge < -0.3 is 23.7 Å². The van der Waals surface area contributed by atoms with Crippen LogP contribution in [0, 0.1) is 0 Å². The number of sulfone groups is 1. The van der Waals surface area contributed by atoms with E-state index in [0.29, 0.717) is 56.9 Å². The van der Waals surface area contributed by atoms with E-state index in [0.717, 1.165) is 45.8 Å². The number of unbranched alkanes of at least 4 members (excludes halogenated alkanes) is 1. The summed E-state index contributed by atoms with van der Waals surface area (Å²) in [6.45, 7) is 5.45. The molecule has 0 saturated carbocycles. The molecule has 9 heteroatoms. The second-order valence-electron chi connectivity index (χ2n) is 9.66. The molecule has 7 nitrogen and oxygen atoms in total. The van der Waals surface area contributed by atoms with Gasteiger partial charge in [0.2, 0.25) is 0 Å². The van der Waals surface area contributed by atoms with Crippen molar-refractivity contribution in [3.05, 3.63) is 78.9 Å². The second kappa shape index (κ2) is 15.9. The van der Waals surface area contributed by atoms with Crippen molar-refractivity contribution in [2.75, 3.05) is 51.2 Å². The van der Waals surface area contributed by atoms with Crippen LogP contribution < -0.4 is 14.2 Å². The van der Waals surface area contributed by atoms with Crippen molar-refractivity contribution in [1.29, 1.82) is 0 Å². The third-order valence-corrected chi connectivity index (χ3v) is 7.89. The highest BCUT2D eigenvalue weighted by Gasteiger charge is 2.15. The summed E-state index contributed by atoms with van der Waals surface area (Å²) < 4.78 is 53.1. The Morgan fingerprint density at radius 2 is 1.33 bits per heavy atom. The Labute approximate surface area is 256 Å². The number of ether oxygens (including phenoxy) is 5. The van der Waals surface area contributed by atoms with Crippen molar-refractivity contribution in [3.8, 4) is 34.1 Å². The van der Waals surface area contributed by atoms with Crippen molar-refractivity contribution in [2.24, 2.45) is 0 Å². The molecule has 0 N–H and O–H groups in total. The first-order valence-corrected chi connectivity index (χ1v) is 17.0. The van der Waals surface area contributed by atoms with Crippen LogP contribution in [0.25, 0.3) is 21.9 Å². The van der Waals surface area contributed by atoms with Gasteiger partial charge in [-0.2, -0.15) is 0 Å². The van der Waals surface area contributed by atoms with Crippen LogP contribution >= 0.6 is 15.9 Å². The van der Waals surface area contributed by atoms with Gasteiger partial charge in [-0.3, -0.25) is 0 Å². The average molecular weight is 658 g/mol. The highest BCUT2D eigenvalue weighted by atomic mass is 79.9. The van der Waals surface area contributed by atoms with Crippen molar-refractivity contribution >= 4 is 36.5 Å². The van der Waals surface area contributed by atoms with E-state index < -0.39 is 9.84 Å². The Kier molecular flexibility index (Phi) is 12.1. The van der Waals surface area contributed by atoms with Crippen molar-refractivity contribution in [1.82, 2.24) is 0 Å². The zero-order chi connectivity index (χ0) is 29.8. The number of halogens is 1. The van der Waals surface area contributed by atoms with Crippen molar-refractivity contribution in [3.63, 3.8) is 0 Å². The minimum absolute atomic E-state index is 0.271. The molecule has 0 amide bonds. The van der Waals surface area contributed by atoms with E-state index in [1.54, 1.807) is 24.3 Å². The van der Waals surface area contributed by atoms with Gasteiger partial charge in [-0.25, -0.2) is 8.42 Å². The fraction of sp³-hybridized carbons (Fsp3) is 0.333. The van der Waals surface area contributed by atoms with Crippen LogP contribution in [0.5, 0.6) is 23.0 Å². The van der Waals surface area contributed by atoms with Crippen LogP contribution in [-0.2, 0) is 19.3 Å². The SMILES string of the molecule is CCCCOc1ccc2c(Oc3ccc(OCCOCCOCCBr)cc3)c(-c3ccc(S(C)(=O)=O)cc3)ccc2c1. The summed E-state index contributed by atoms with van der Waals surface area (Å²) >= 11 is 3.32. The first-order chi connectivity index (χ1) is 20.4. The summed E-state index contributed by atoms with van der Waals surface area (Å²) in [7, 11) is -3.30. The molecule has 0 radical (unpaired) electrons. The fourth-order valence-electron chi connectivity index (χ4n) is 4.24. The predicted molar refractivity (Wildman–Crippen MR) is 170 cm³/mol. The monoisotopic (exact) mass is 656 g/mol. The zero-order valence-electron chi connectivity index (χ0n) is 24.0. The minimum atomic E-state index is -3.30. The van der Waals surface area contributed by atoms with E-state index >= 15 is 0 Å². The Balaban J connectivity index is 1.53. The Morgan fingerprint density at radius 3 is 2.02 bits per heavy atom. The standard InChI is InChI=1S/C33H37BrO7S/c1-3-4-18-39-29-12-16-32-26(24-29)7-15-31(25-5-13-30(14-6-25)42(2,35)36)33(32)41-28-10-8-27(9-11-28)40-23-22-38-21-20-37-19-17-34/h5-16,24H,3-4,17-23H2,1-2H3. The fourth-order valence-corrected chi connectivity index (χ4v) is 5.10. The molecule has 0 heterocycles. The molecule has 224 valence electrons. The maximum Gasteiger partial charge on any atom is 0.175 e. The topological polar surface area (TPSA) is 80.3 Å². The summed E-state index contributed by atoms with van der Waals surface area (Å²) in [5, 5.41) is 2.71. The second-order valence-corrected chi connectivity index (χ2v) is 12.5. The molecule has 0 spiro atoms. The highest BCUT2D eigenvalue weighted by Crippen LogP contribution is 2.41. The summed E-state index contributed by atoms with van der Waals surface area (Å²) in [4.78, 5) is 0.271. The van der Waals surface area contributed by atoms with Crippen molar-refractivity contribution < 1.29 is 32.1 Å². The van der Waals surface area contributed by atoms with Crippen LogP contribution in [0.1, 0.15) is 19.8 Å². The largest absolute Gasteiger partial charge is 0.494 e. The molecule has 0 aliphatic heterocycles. The zero-order valence-corrected chi connectivity index (χ0v) is 26.4. The molecule has 0 aromatic heterocycles. The van der Waals surface area contributed by atoms with E-state index in [-0.39, 0.29) is 4.90 Å². The van der Waals surface area contributed by atoms with Gasteiger partial charge in [0, 0.05) is 22.5 Å². The molecule has 4 rings (SSSR count). The van der Waals surface area contributed by atoms with Gasteiger partial charge >= 0.3 is 0 Å². The first-order valence-electron chi connectivity index (χ1n) is 14.0. The third-order valence-electron chi connectivity index (χ3n) is 6.44. The lowest BCUT2D eigenvalue weighted by Gasteiger charge is -2.16. The van der Waals surface area contributed by atoms with E-state index in [2.05, 4.69) is 22.9 Å². The summed E-state index contributed by atoms with van der Waals surface area (Å²) in [5.74, 6) is 2.84. The van der Waals surface area contributed by atoms with E-state index in [4.69, 9.17) is 23.7 Å². The molecule has 4 aromatic carbocycles. The third kappa shape index (κ3) is 9.19. The lowest BCUT2D eigenvalue weighted by Crippen LogP contribution is -2.11. The normalized spacial score (nSPS) is 11.5. The molecule has 42 heavy (non-hydrogen) atoms. The quantitative estimate of drug-likeness (QED) is 0.0851. The van der Waals surface area contributed by atoms with Gasteiger partial charge in [-0.1, -0.05) is 47.5 Å². The minimum Gasteiger partial charge on any atom is -0.494 e. The predicted octanol–water partition coefficient (Wildman–Crippen LogP) is 7.69.